The summed E-state index contributed by atoms with van der Waals surface area (Å²) in [4.78, 5) is 8.96. The highest BCUT2D eigenvalue weighted by molar-refractivity contribution is 7.09. The molecule has 0 radical (unpaired) electrons. The van der Waals surface area contributed by atoms with Gasteiger partial charge in [0.1, 0.15) is 6.10 Å². The van der Waals surface area contributed by atoms with Crippen LogP contribution in [0.1, 0.15) is 28.1 Å². The van der Waals surface area contributed by atoms with Crippen LogP contribution in [0, 0.1) is 13.8 Å². The van der Waals surface area contributed by atoms with Crippen molar-refractivity contribution < 1.29 is 5.11 Å². The average Bonchev–Trinajstić information content (AvgIpc) is 2.84. The van der Waals surface area contributed by atoms with Gasteiger partial charge in [-0.05, 0) is 31.5 Å². The molecule has 0 saturated carbocycles. The zero-order valence-electron chi connectivity index (χ0n) is 11.5. The van der Waals surface area contributed by atoms with Gasteiger partial charge in [0, 0.05) is 22.9 Å². The summed E-state index contributed by atoms with van der Waals surface area (Å²) in [6.07, 6.45) is -0.0904. The number of aliphatic hydroxyl groups excluding tert-OH is 1. The Morgan fingerprint density at radius 3 is 2.75 bits per heavy atom. The molecule has 1 unspecified atom stereocenters. The minimum absolute atomic E-state index is 0.517. The summed E-state index contributed by atoms with van der Waals surface area (Å²) >= 11 is 1.58. The van der Waals surface area contributed by atoms with Crippen molar-refractivity contribution in [3.05, 3.63) is 57.7 Å². The van der Waals surface area contributed by atoms with E-state index in [0.29, 0.717) is 12.1 Å². The van der Waals surface area contributed by atoms with Crippen LogP contribution in [-0.4, -0.2) is 15.1 Å². The van der Waals surface area contributed by atoms with Crippen LogP contribution >= 0.6 is 11.3 Å². The number of rotatable bonds is 3. The lowest BCUT2D eigenvalue weighted by molar-refractivity contribution is 0.174. The highest BCUT2D eigenvalue weighted by Crippen LogP contribution is 2.24. The first-order valence-corrected chi connectivity index (χ1v) is 7.47. The van der Waals surface area contributed by atoms with E-state index in [1.54, 1.807) is 11.3 Å². The Morgan fingerprint density at radius 2 is 2.00 bits per heavy atom. The molecule has 0 amide bonds. The van der Waals surface area contributed by atoms with Crippen molar-refractivity contribution in [3.8, 4) is 0 Å². The van der Waals surface area contributed by atoms with Gasteiger partial charge in [0.25, 0.3) is 0 Å². The lowest BCUT2D eigenvalue weighted by Gasteiger charge is -2.11. The molecule has 3 rings (SSSR count). The third kappa shape index (κ3) is 2.57. The van der Waals surface area contributed by atoms with Gasteiger partial charge < -0.3 is 5.11 Å². The van der Waals surface area contributed by atoms with Gasteiger partial charge in [-0.3, -0.25) is 4.98 Å². The molecular formula is C16H16N2OS. The van der Waals surface area contributed by atoms with Gasteiger partial charge in [-0.2, -0.15) is 0 Å². The fourth-order valence-corrected chi connectivity index (χ4v) is 3.12. The van der Waals surface area contributed by atoms with Gasteiger partial charge in [0.05, 0.1) is 16.2 Å². The number of aromatic nitrogens is 2. The maximum atomic E-state index is 10.4. The molecule has 3 nitrogen and oxygen atoms in total. The first-order valence-electron chi connectivity index (χ1n) is 6.59. The summed E-state index contributed by atoms with van der Waals surface area (Å²) in [6.45, 7) is 4.01. The first-order chi connectivity index (χ1) is 9.63. The van der Waals surface area contributed by atoms with Crippen LogP contribution < -0.4 is 0 Å². The molecule has 4 heteroatoms. The maximum Gasteiger partial charge on any atom is 0.102 e. The van der Waals surface area contributed by atoms with Crippen molar-refractivity contribution in [1.29, 1.82) is 0 Å². The Hall–Kier alpha value is -1.78. The average molecular weight is 284 g/mol. The number of nitrogens with zero attached hydrogens (tertiary/aromatic N) is 2. The number of thiazole rings is 1. The first kappa shape index (κ1) is 13.2. The number of hydrogen-bond acceptors (Lipinski definition) is 4. The van der Waals surface area contributed by atoms with E-state index < -0.39 is 6.10 Å². The van der Waals surface area contributed by atoms with E-state index in [2.05, 4.69) is 16.0 Å². The zero-order valence-corrected chi connectivity index (χ0v) is 12.3. The molecule has 1 atom stereocenters. The monoisotopic (exact) mass is 284 g/mol. The van der Waals surface area contributed by atoms with Crippen molar-refractivity contribution in [1.82, 2.24) is 9.97 Å². The molecule has 0 aliphatic carbocycles. The fraction of sp³-hybridized carbons (Fsp3) is 0.250. The number of aliphatic hydroxyl groups is 1. The van der Waals surface area contributed by atoms with Crippen molar-refractivity contribution in [3.63, 3.8) is 0 Å². The minimum Gasteiger partial charge on any atom is -0.386 e. The number of para-hydroxylation sites is 1. The van der Waals surface area contributed by atoms with Crippen LogP contribution in [0.5, 0.6) is 0 Å². The summed E-state index contributed by atoms with van der Waals surface area (Å²) in [5.74, 6) is 0. The summed E-state index contributed by atoms with van der Waals surface area (Å²) in [5.41, 5.74) is 3.78. The topological polar surface area (TPSA) is 46.0 Å². The lowest BCUT2D eigenvalue weighted by atomic mass is 10.1. The second kappa shape index (κ2) is 5.31. The lowest BCUT2D eigenvalue weighted by Crippen LogP contribution is -2.05. The van der Waals surface area contributed by atoms with Crippen molar-refractivity contribution in [2.45, 2.75) is 26.4 Å². The number of hydrogen-bond donors (Lipinski definition) is 1. The molecule has 0 fully saturated rings. The van der Waals surface area contributed by atoms with Crippen molar-refractivity contribution >= 4 is 22.2 Å². The van der Waals surface area contributed by atoms with Crippen molar-refractivity contribution in [2.75, 3.05) is 0 Å². The molecule has 1 N–H and O–H groups in total. The summed E-state index contributed by atoms with van der Waals surface area (Å²) < 4.78 is 0. The van der Waals surface area contributed by atoms with Crippen LogP contribution in [0.4, 0.5) is 0 Å². The zero-order chi connectivity index (χ0) is 14.1. The standard InChI is InChI=1S/C16H16N2OS/c1-10-7-14(18-13-6-4-3-5-12(10)13)15(19)8-16-17-11(2)9-20-16/h3-7,9,15,19H,8H2,1-2H3. The van der Waals surface area contributed by atoms with Gasteiger partial charge >= 0.3 is 0 Å². The molecule has 102 valence electrons. The molecule has 2 heterocycles. The SMILES string of the molecule is Cc1csc(CC(O)c2cc(C)c3ccccc3n2)n1. The molecular weight excluding hydrogens is 268 g/mol. The Kier molecular flexibility index (Phi) is 3.51. The fourth-order valence-electron chi connectivity index (χ4n) is 2.31. The van der Waals surface area contributed by atoms with Crippen LogP contribution in [0.2, 0.25) is 0 Å². The molecule has 1 aromatic carbocycles. The van der Waals surface area contributed by atoms with Crippen LogP contribution in [-0.2, 0) is 6.42 Å². The molecule has 0 spiro atoms. The second-order valence-electron chi connectivity index (χ2n) is 4.98. The number of fused-ring (bicyclic) bond motifs is 1. The Bertz CT molecular complexity index is 751. The number of aryl methyl sites for hydroxylation is 2. The smallest absolute Gasteiger partial charge is 0.102 e. The van der Waals surface area contributed by atoms with Gasteiger partial charge in [0.2, 0.25) is 0 Å². The number of benzene rings is 1. The molecule has 2 aromatic heterocycles. The molecule has 0 aliphatic rings. The largest absolute Gasteiger partial charge is 0.386 e. The predicted molar refractivity (Wildman–Crippen MR) is 82.0 cm³/mol. The highest BCUT2D eigenvalue weighted by atomic mass is 32.1. The van der Waals surface area contributed by atoms with Crippen LogP contribution in [0.3, 0.4) is 0 Å². The van der Waals surface area contributed by atoms with E-state index in [1.807, 2.05) is 43.5 Å². The maximum absolute atomic E-state index is 10.4. The highest BCUT2D eigenvalue weighted by Gasteiger charge is 2.14. The van der Waals surface area contributed by atoms with Crippen molar-refractivity contribution in [2.24, 2.45) is 0 Å². The second-order valence-corrected chi connectivity index (χ2v) is 5.93. The van der Waals surface area contributed by atoms with E-state index in [0.717, 1.165) is 27.2 Å². The Morgan fingerprint density at radius 1 is 1.20 bits per heavy atom. The quantitative estimate of drug-likeness (QED) is 0.799. The summed E-state index contributed by atoms with van der Waals surface area (Å²) in [5, 5.41) is 14.5. The van der Waals surface area contributed by atoms with Gasteiger partial charge in [-0.25, -0.2) is 4.98 Å². The molecule has 20 heavy (non-hydrogen) atoms. The van der Waals surface area contributed by atoms with E-state index >= 15 is 0 Å². The third-order valence-corrected chi connectivity index (χ3v) is 4.31. The third-order valence-electron chi connectivity index (χ3n) is 3.32. The van der Waals surface area contributed by atoms with Crippen LogP contribution in [0.25, 0.3) is 10.9 Å². The van der Waals surface area contributed by atoms with Crippen LogP contribution in [0.15, 0.2) is 35.7 Å². The van der Waals surface area contributed by atoms with Gasteiger partial charge in [-0.15, -0.1) is 11.3 Å². The minimum atomic E-state index is -0.608. The molecule has 0 saturated heterocycles. The molecule has 0 bridgehead atoms. The summed E-state index contributed by atoms with van der Waals surface area (Å²) in [6, 6.07) is 9.97. The number of pyridine rings is 1. The van der Waals surface area contributed by atoms with Gasteiger partial charge in [0.15, 0.2) is 0 Å². The molecule has 3 aromatic rings. The predicted octanol–water partition coefficient (Wildman–Crippen LogP) is 3.58. The molecule has 0 aliphatic heterocycles. The van der Waals surface area contributed by atoms with Gasteiger partial charge in [-0.1, -0.05) is 18.2 Å². The Labute approximate surface area is 122 Å². The van der Waals surface area contributed by atoms with E-state index in [9.17, 15) is 5.11 Å². The van der Waals surface area contributed by atoms with E-state index in [-0.39, 0.29) is 0 Å². The summed E-state index contributed by atoms with van der Waals surface area (Å²) in [7, 11) is 0. The van der Waals surface area contributed by atoms with E-state index in [4.69, 9.17) is 0 Å². The normalized spacial score (nSPS) is 12.8. The van der Waals surface area contributed by atoms with E-state index in [1.165, 1.54) is 0 Å². The Balaban J connectivity index is 1.93.